The first-order valence-electron chi connectivity index (χ1n) is 9.81. The van der Waals surface area contributed by atoms with Gasteiger partial charge in [-0.25, -0.2) is 4.98 Å². The van der Waals surface area contributed by atoms with Crippen molar-refractivity contribution < 1.29 is 4.79 Å². The molecule has 0 aromatic carbocycles. The number of rotatable bonds is 3. The lowest BCUT2D eigenvalue weighted by Gasteiger charge is -2.50. The van der Waals surface area contributed by atoms with Crippen molar-refractivity contribution in [1.29, 1.82) is 0 Å². The Morgan fingerprint density at radius 2 is 2.04 bits per heavy atom. The molecular formula is C20H27N5O2. The Morgan fingerprint density at radius 1 is 1.26 bits per heavy atom. The molecule has 1 saturated heterocycles. The fraction of sp³-hybridized carbons (Fsp3) is 0.550. The minimum Gasteiger partial charge on any atom is -0.364 e. The highest BCUT2D eigenvalue weighted by Gasteiger charge is 2.46. The fourth-order valence-corrected chi connectivity index (χ4v) is 4.66. The summed E-state index contributed by atoms with van der Waals surface area (Å²) >= 11 is 0. The van der Waals surface area contributed by atoms with Gasteiger partial charge in [0, 0.05) is 49.7 Å². The van der Waals surface area contributed by atoms with Crippen molar-refractivity contribution in [3.8, 4) is 0 Å². The van der Waals surface area contributed by atoms with E-state index in [1.807, 2.05) is 11.8 Å². The number of aryl methyl sites for hydroxylation is 1. The molecule has 2 aromatic rings. The number of H-pyrrole nitrogens is 2. The van der Waals surface area contributed by atoms with Crippen molar-refractivity contribution in [3.05, 3.63) is 51.5 Å². The van der Waals surface area contributed by atoms with Gasteiger partial charge < -0.3 is 14.9 Å². The van der Waals surface area contributed by atoms with E-state index in [2.05, 4.69) is 26.8 Å². The van der Waals surface area contributed by atoms with Gasteiger partial charge in [-0.05, 0) is 32.7 Å². The normalized spacial score (nSPS) is 19.3. The molecule has 0 unspecified atom stereocenters. The number of piperidine rings is 1. The third-order valence-electron chi connectivity index (χ3n) is 6.06. The Kier molecular flexibility index (Phi) is 4.63. The molecule has 1 amide bonds. The van der Waals surface area contributed by atoms with Crippen LogP contribution < -0.4 is 5.43 Å². The summed E-state index contributed by atoms with van der Waals surface area (Å²) < 4.78 is 0. The third kappa shape index (κ3) is 3.00. The molecule has 2 aliphatic heterocycles. The Morgan fingerprint density at radius 3 is 2.74 bits per heavy atom. The summed E-state index contributed by atoms with van der Waals surface area (Å²) in [5, 5.41) is 0. The number of carbonyl (C=O) groups is 1. The second-order valence-corrected chi connectivity index (χ2v) is 7.68. The second kappa shape index (κ2) is 6.96. The second-order valence-electron chi connectivity index (χ2n) is 7.68. The Bertz CT molecular complexity index is 892. The van der Waals surface area contributed by atoms with Gasteiger partial charge in [0.1, 0.15) is 5.56 Å². The number of fused-ring (bicyclic) bond motifs is 2. The maximum Gasteiger partial charge on any atom is 0.259 e. The molecular weight excluding hydrogens is 342 g/mol. The van der Waals surface area contributed by atoms with E-state index < -0.39 is 0 Å². The van der Waals surface area contributed by atoms with Crippen LogP contribution in [0.5, 0.6) is 0 Å². The molecule has 144 valence electrons. The van der Waals surface area contributed by atoms with Crippen molar-refractivity contribution in [1.82, 2.24) is 24.8 Å². The summed E-state index contributed by atoms with van der Waals surface area (Å²) in [7, 11) is 0. The highest BCUT2D eigenvalue weighted by Crippen LogP contribution is 2.42. The van der Waals surface area contributed by atoms with Crippen LogP contribution in [0.4, 0.5) is 0 Å². The average Bonchev–Trinajstić information content (AvgIpc) is 3.14. The minimum atomic E-state index is -0.212. The smallest absolute Gasteiger partial charge is 0.259 e. The van der Waals surface area contributed by atoms with E-state index in [9.17, 15) is 9.59 Å². The van der Waals surface area contributed by atoms with Gasteiger partial charge in [-0.3, -0.25) is 14.5 Å². The number of amides is 1. The number of aromatic nitrogens is 3. The van der Waals surface area contributed by atoms with Crippen molar-refractivity contribution in [2.45, 2.75) is 45.1 Å². The fourth-order valence-electron chi connectivity index (χ4n) is 4.66. The molecule has 0 radical (unpaired) electrons. The summed E-state index contributed by atoms with van der Waals surface area (Å²) in [4.78, 5) is 40.4. The van der Waals surface area contributed by atoms with Crippen molar-refractivity contribution >= 4 is 5.91 Å². The largest absolute Gasteiger partial charge is 0.364 e. The molecule has 0 atom stereocenters. The topological polar surface area (TPSA) is 85.1 Å². The Labute approximate surface area is 158 Å². The van der Waals surface area contributed by atoms with Gasteiger partial charge in [-0.1, -0.05) is 6.92 Å². The van der Waals surface area contributed by atoms with E-state index in [-0.39, 0.29) is 22.4 Å². The summed E-state index contributed by atoms with van der Waals surface area (Å²) in [6.07, 6.45) is 7.13. The first-order chi connectivity index (χ1) is 13.0. The van der Waals surface area contributed by atoms with Crippen molar-refractivity contribution in [2.75, 3.05) is 26.2 Å². The number of hydrogen-bond acceptors (Lipinski definition) is 4. The molecule has 1 fully saturated rings. The number of nitrogens with one attached hydrogen (secondary N) is 2. The number of aromatic amines is 2. The molecule has 7 nitrogen and oxygen atoms in total. The molecule has 0 saturated carbocycles. The predicted octanol–water partition coefficient (Wildman–Crippen LogP) is 1.81. The molecule has 1 spiro atoms. The number of imidazole rings is 1. The first-order valence-corrected chi connectivity index (χ1v) is 9.81. The zero-order valence-electron chi connectivity index (χ0n) is 16.0. The number of hydrogen-bond donors (Lipinski definition) is 2. The van der Waals surface area contributed by atoms with Crippen molar-refractivity contribution in [2.24, 2.45) is 0 Å². The molecule has 27 heavy (non-hydrogen) atoms. The number of carbonyl (C=O) groups excluding carboxylic acids is 1. The Hall–Kier alpha value is -2.41. The lowest BCUT2D eigenvalue weighted by atomic mass is 9.78. The van der Waals surface area contributed by atoms with Crippen LogP contribution in [0.3, 0.4) is 0 Å². The highest BCUT2D eigenvalue weighted by atomic mass is 16.2. The molecule has 4 rings (SSSR count). The van der Waals surface area contributed by atoms with Gasteiger partial charge in [0.15, 0.2) is 5.43 Å². The van der Waals surface area contributed by atoms with Crippen LogP contribution >= 0.6 is 0 Å². The zero-order chi connectivity index (χ0) is 19.0. The molecule has 0 aliphatic carbocycles. The van der Waals surface area contributed by atoms with Crippen LogP contribution in [0.15, 0.2) is 23.4 Å². The van der Waals surface area contributed by atoms with Crippen LogP contribution in [0.1, 0.15) is 53.6 Å². The van der Waals surface area contributed by atoms with E-state index in [0.717, 1.165) is 50.2 Å². The molecule has 0 bridgehead atoms. The van der Waals surface area contributed by atoms with E-state index in [4.69, 9.17) is 0 Å². The zero-order valence-corrected chi connectivity index (χ0v) is 16.0. The quantitative estimate of drug-likeness (QED) is 0.864. The van der Waals surface area contributed by atoms with Gasteiger partial charge in [0.25, 0.3) is 5.91 Å². The number of likely N-dealkylation sites (tertiary alicyclic amines) is 1. The maximum absolute atomic E-state index is 12.9. The van der Waals surface area contributed by atoms with Gasteiger partial charge in [-0.2, -0.15) is 0 Å². The van der Waals surface area contributed by atoms with E-state index in [1.54, 1.807) is 12.5 Å². The average molecular weight is 369 g/mol. The molecule has 2 aliphatic rings. The lowest BCUT2D eigenvalue weighted by molar-refractivity contribution is 0.00703. The highest BCUT2D eigenvalue weighted by molar-refractivity contribution is 5.93. The summed E-state index contributed by atoms with van der Waals surface area (Å²) in [6.45, 7) is 7.35. The molecule has 7 heteroatoms. The van der Waals surface area contributed by atoms with Crippen molar-refractivity contribution in [3.63, 3.8) is 0 Å². The lowest BCUT2D eigenvalue weighted by Crippen LogP contribution is -2.57. The van der Waals surface area contributed by atoms with Gasteiger partial charge in [-0.15, -0.1) is 0 Å². The number of nitrogens with zero attached hydrogens (tertiary/aromatic N) is 3. The summed E-state index contributed by atoms with van der Waals surface area (Å²) in [6, 6.07) is 1.48. The monoisotopic (exact) mass is 369 g/mol. The molecule has 2 aromatic heterocycles. The predicted molar refractivity (Wildman–Crippen MR) is 103 cm³/mol. The van der Waals surface area contributed by atoms with Gasteiger partial charge in [0.2, 0.25) is 0 Å². The van der Waals surface area contributed by atoms with E-state index in [1.165, 1.54) is 11.8 Å². The van der Waals surface area contributed by atoms with Gasteiger partial charge >= 0.3 is 0 Å². The summed E-state index contributed by atoms with van der Waals surface area (Å²) in [5.74, 6) is -0.175. The van der Waals surface area contributed by atoms with Crippen LogP contribution in [0, 0.1) is 6.92 Å². The number of pyridine rings is 1. The standard InChI is InChI=1S/C20H27N5O2/c1-3-7-25-8-4-16-18(23-13-22-16)20(25)5-9-24(10-6-20)19(27)15-12-21-14(2)11-17(15)26/h11-13H,3-10H2,1-2H3,(H,21,26)(H,22,23). The Balaban J connectivity index is 1.57. The van der Waals surface area contributed by atoms with Crippen LogP contribution in [-0.4, -0.2) is 56.8 Å². The first kappa shape index (κ1) is 18.0. The minimum absolute atomic E-state index is 0.0972. The van der Waals surface area contributed by atoms with E-state index in [0.29, 0.717) is 13.1 Å². The van der Waals surface area contributed by atoms with Crippen LogP contribution in [0.2, 0.25) is 0 Å². The maximum atomic E-state index is 12.9. The van der Waals surface area contributed by atoms with Crippen LogP contribution in [0.25, 0.3) is 0 Å². The van der Waals surface area contributed by atoms with Crippen LogP contribution in [-0.2, 0) is 12.0 Å². The SMILES string of the molecule is CCCN1CCc2[nH]cnc2C12CCN(C(=O)c1c[nH]c(C)cc1=O)CC2. The third-order valence-corrected chi connectivity index (χ3v) is 6.06. The molecule has 2 N–H and O–H groups in total. The summed E-state index contributed by atoms with van der Waals surface area (Å²) in [5.41, 5.74) is 3.07. The van der Waals surface area contributed by atoms with E-state index >= 15 is 0 Å². The molecule has 4 heterocycles. The van der Waals surface area contributed by atoms with Gasteiger partial charge in [0.05, 0.1) is 17.6 Å².